The Labute approximate surface area is 211 Å². The van der Waals surface area contributed by atoms with Crippen LogP contribution in [0.1, 0.15) is 55.5 Å². The molecule has 9 heteroatoms. The van der Waals surface area contributed by atoms with Crippen LogP contribution in [0.4, 0.5) is 0 Å². The monoisotopic (exact) mass is 498 g/mol. The second-order valence-electron chi connectivity index (χ2n) is 7.77. The minimum absolute atomic E-state index is 0.0629. The topological polar surface area (TPSA) is 123 Å². The largest absolute Gasteiger partial charge is 0.497 e. The molecule has 0 aliphatic rings. The van der Waals surface area contributed by atoms with E-state index >= 15 is 0 Å². The number of rotatable bonds is 15. The molecule has 0 fully saturated rings. The number of carbonyl (C=O) groups is 3. The molecule has 0 unspecified atom stereocenters. The van der Waals surface area contributed by atoms with E-state index in [1.54, 1.807) is 48.5 Å². The lowest BCUT2D eigenvalue weighted by atomic mass is 10.1. The molecule has 2 aromatic rings. The van der Waals surface area contributed by atoms with E-state index < -0.39 is 17.8 Å². The molecule has 0 aromatic heterocycles. The second kappa shape index (κ2) is 15.1. The van der Waals surface area contributed by atoms with Crippen molar-refractivity contribution in [2.45, 2.75) is 39.5 Å². The molecule has 36 heavy (non-hydrogen) atoms. The molecule has 2 amide bonds. The lowest BCUT2D eigenvalue weighted by Crippen LogP contribution is -2.35. The third kappa shape index (κ3) is 9.32. The number of aliphatic carboxylic acids is 1. The van der Waals surface area contributed by atoms with Crippen LogP contribution in [0.5, 0.6) is 17.2 Å². The van der Waals surface area contributed by atoms with Crippen LogP contribution < -0.4 is 24.8 Å². The summed E-state index contributed by atoms with van der Waals surface area (Å²) < 4.78 is 16.4. The first-order valence-electron chi connectivity index (χ1n) is 11.9. The van der Waals surface area contributed by atoms with E-state index in [1.165, 1.54) is 7.11 Å². The van der Waals surface area contributed by atoms with Gasteiger partial charge in [-0.2, -0.15) is 0 Å². The molecule has 0 bridgehead atoms. The number of amides is 2. The average molecular weight is 499 g/mol. The van der Waals surface area contributed by atoms with Gasteiger partial charge in [0.05, 0.1) is 20.3 Å². The normalized spacial score (nSPS) is 10.9. The van der Waals surface area contributed by atoms with E-state index in [0.717, 1.165) is 0 Å². The van der Waals surface area contributed by atoms with Crippen molar-refractivity contribution in [3.63, 3.8) is 0 Å². The van der Waals surface area contributed by atoms with Gasteiger partial charge in [0.15, 0.2) is 11.5 Å². The first-order valence-corrected chi connectivity index (χ1v) is 11.9. The Hall–Kier alpha value is -4.01. The van der Waals surface area contributed by atoms with E-state index in [1.807, 2.05) is 13.8 Å². The Bertz CT molecular complexity index is 1050. The molecular formula is C27H34N2O7. The lowest BCUT2D eigenvalue weighted by molar-refractivity contribution is -0.137. The second-order valence-corrected chi connectivity index (χ2v) is 7.77. The summed E-state index contributed by atoms with van der Waals surface area (Å²) in [5.74, 6) is -0.00889. The van der Waals surface area contributed by atoms with Crippen molar-refractivity contribution in [1.82, 2.24) is 10.6 Å². The maximum atomic E-state index is 13.0. The van der Waals surface area contributed by atoms with E-state index in [-0.39, 0.29) is 12.1 Å². The number of carbonyl (C=O) groups excluding carboxylic acids is 2. The SMILES string of the molecule is CCOc1ccc(/C=C(\NC(=O)c2ccc(OC)cc2)C(=O)NCCCCCC(=O)O)cc1OCC. The summed E-state index contributed by atoms with van der Waals surface area (Å²) in [4.78, 5) is 36.5. The molecule has 0 atom stereocenters. The molecule has 2 rings (SSSR count). The predicted molar refractivity (Wildman–Crippen MR) is 136 cm³/mol. The first-order chi connectivity index (χ1) is 17.4. The van der Waals surface area contributed by atoms with E-state index in [0.29, 0.717) is 67.4 Å². The van der Waals surface area contributed by atoms with Gasteiger partial charge in [-0.15, -0.1) is 0 Å². The average Bonchev–Trinajstić information content (AvgIpc) is 2.87. The van der Waals surface area contributed by atoms with Crippen molar-refractivity contribution in [3.8, 4) is 17.2 Å². The zero-order valence-corrected chi connectivity index (χ0v) is 21.0. The quantitative estimate of drug-likeness (QED) is 0.250. The number of nitrogens with one attached hydrogen (secondary N) is 2. The molecule has 0 saturated heterocycles. The van der Waals surface area contributed by atoms with Crippen LogP contribution in [-0.4, -0.2) is 49.8 Å². The fourth-order valence-electron chi connectivity index (χ4n) is 3.29. The lowest BCUT2D eigenvalue weighted by Gasteiger charge is -2.13. The van der Waals surface area contributed by atoms with Gasteiger partial charge >= 0.3 is 5.97 Å². The number of carboxylic acids is 1. The van der Waals surface area contributed by atoms with Crippen LogP contribution in [0.2, 0.25) is 0 Å². The summed E-state index contributed by atoms with van der Waals surface area (Å²) in [6.45, 7) is 5.01. The summed E-state index contributed by atoms with van der Waals surface area (Å²) in [5, 5.41) is 14.2. The summed E-state index contributed by atoms with van der Waals surface area (Å²) >= 11 is 0. The Morgan fingerprint density at radius 2 is 1.61 bits per heavy atom. The molecule has 3 N–H and O–H groups in total. The molecule has 0 spiro atoms. The van der Waals surface area contributed by atoms with Crippen LogP contribution in [0.3, 0.4) is 0 Å². The standard InChI is InChI=1S/C27H34N2O7/c1-4-35-23-15-10-19(18-24(23)36-5-2)17-22(27(33)28-16-8-6-7-9-25(30)31)29-26(32)20-11-13-21(34-3)14-12-20/h10-15,17-18H,4-9,16H2,1-3H3,(H,28,33)(H,29,32)(H,30,31)/b22-17-. The van der Waals surface area contributed by atoms with E-state index in [9.17, 15) is 14.4 Å². The van der Waals surface area contributed by atoms with Gasteiger partial charge in [-0.25, -0.2) is 0 Å². The Morgan fingerprint density at radius 1 is 0.917 bits per heavy atom. The smallest absolute Gasteiger partial charge is 0.303 e. The molecule has 9 nitrogen and oxygen atoms in total. The van der Waals surface area contributed by atoms with Gasteiger partial charge in [-0.1, -0.05) is 12.5 Å². The Morgan fingerprint density at radius 3 is 2.25 bits per heavy atom. The molecule has 0 heterocycles. The summed E-state index contributed by atoms with van der Waals surface area (Å²) in [7, 11) is 1.54. The molecule has 2 aromatic carbocycles. The van der Waals surface area contributed by atoms with Gasteiger partial charge in [-0.05, 0) is 74.7 Å². The van der Waals surface area contributed by atoms with Gasteiger partial charge in [0.25, 0.3) is 11.8 Å². The summed E-state index contributed by atoms with van der Waals surface area (Å²) in [6.07, 6.45) is 3.49. The summed E-state index contributed by atoms with van der Waals surface area (Å²) in [5.41, 5.74) is 1.07. The van der Waals surface area contributed by atoms with E-state index in [2.05, 4.69) is 10.6 Å². The van der Waals surface area contributed by atoms with Crippen LogP contribution >= 0.6 is 0 Å². The van der Waals surface area contributed by atoms with Gasteiger partial charge in [0.2, 0.25) is 0 Å². The van der Waals surface area contributed by atoms with Crippen molar-refractivity contribution in [3.05, 3.63) is 59.3 Å². The van der Waals surface area contributed by atoms with Crippen molar-refractivity contribution in [2.24, 2.45) is 0 Å². The highest BCUT2D eigenvalue weighted by Gasteiger charge is 2.15. The number of carboxylic acid groups (broad SMARTS) is 1. The predicted octanol–water partition coefficient (Wildman–Crippen LogP) is 4.02. The van der Waals surface area contributed by atoms with Crippen molar-refractivity contribution >= 4 is 23.9 Å². The van der Waals surface area contributed by atoms with Gasteiger partial charge in [-0.3, -0.25) is 14.4 Å². The van der Waals surface area contributed by atoms with Gasteiger partial charge in [0, 0.05) is 18.5 Å². The maximum absolute atomic E-state index is 13.0. The zero-order valence-electron chi connectivity index (χ0n) is 21.0. The minimum Gasteiger partial charge on any atom is -0.497 e. The highest BCUT2D eigenvalue weighted by atomic mass is 16.5. The zero-order chi connectivity index (χ0) is 26.3. The van der Waals surface area contributed by atoms with Crippen molar-refractivity contribution < 1.29 is 33.7 Å². The number of hydrogen-bond donors (Lipinski definition) is 3. The molecule has 194 valence electrons. The summed E-state index contributed by atoms with van der Waals surface area (Å²) in [6, 6.07) is 11.8. The first kappa shape index (κ1) is 28.2. The third-order valence-corrected chi connectivity index (χ3v) is 5.08. The molecule has 0 aliphatic heterocycles. The number of ether oxygens (including phenoxy) is 3. The van der Waals surface area contributed by atoms with Crippen LogP contribution in [0.25, 0.3) is 6.08 Å². The molecule has 0 saturated carbocycles. The van der Waals surface area contributed by atoms with Gasteiger partial charge < -0.3 is 30.0 Å². The van der Waals surface area contributed by atoms with E-state index in [4.69, 9.17) is 19.3 Å². The Balaban J connectivity index is 2.22. The molecule has 0 radical (unpaired) electrons. The number of methoxy groups -OCH3 is 1. The molecular weight excluding hydrogens is 464 g/mol. The van der Waals surface area contributed by atoms with Gasteiger partial charge in [0.1, 0.15) is 11.4 Å². The minimum atomic E-state index is -0.840. The Kier molecular flexibility index (Phi) is 11.8. The highest BCUT2D eigenvalue weighted by molar-refractivity contribution is 6.05. The van der Waals surface area contributed by atoms with Crippen LogP contribution in [0.15, 0.2) is 48.2 Å². The maximum Gasteiger partial charge on any atom is 0.303 e. The number of unbranched alkanes of at least 4 members (excludes halogenated alkanes) is 2. The van der Waals surface area contributed by atoms with Crippen LogP contribution in [-0.2, 0) is 9.59 Å². The number of benzene rings is 2. The fraction of sp³-hybridized carbons (Fsp3) is 0.370. The fourth-order valence-corrected chi connectivity index (χ4v) is 3.29. The van der Waals surface area contributed by atoms with Crippen molar-refractivity contribution in [1.29, 1.82) is 0 Å². The number of hydrogen-bond acceptors (Lipinski definition) is 6. The molecule has 0 aliphatic carbocycles. The highest BCUT2D eigenvalue weighted by Crippen LogP contribution is 2.29. The third-order valence-electron chi connectivity index (χ3n) is 5.08. The van der Waals surface area contributed by atoms with Crippen molar-refractivity contribution in [2.75, 3.05) is 26.9 Å². The van der Waals surface area contributed by atoms with Crippen LogP contribution in [0, 0.1) is 0 Å².